The standard InChI is InChI=1S/C22H21FN2O/c1-2-8-20-22-18(24-25(20)19-12-7-6-11-17(19)23)13-16(14-21(22)26)15-9-4-3-5-10-15/h3-7,9-12,16H,2,8,13-14H2,1H3/t16-/m0/s1. The first-order valence-electron chi connectivity index (χ1n) is 9.12. The number of halogens is 1. The summed E-state index contributed by atoms with van der Waals surface area (Å²) in [7, 11) is 0. The van der Waals surface area contributed by atoms with Crippen LogP contribution in [0.1, 0.15) is 53.0 Å². The van der Waals surface area contributed by atoms with Crippen molar-refractivity contribution in [1.29, 1.82) is 0 Å². The molecular formula is C22H21FN2O. The Morgan fingerprint density at radius 3 is 2.54 bits per heavy atom. The van der Waals surface area contributed by atoms with E-state index in [1.54, 1.807) is 22.9 Å². The molecule has 1 aliphatic carbocycles. The summed E-state index contributed by atoms with van der Waals surface area (Å²) >= 11 is 0. The molecule has 0 spiro atoms. The van der Waals surface area contributed by atoms with Gasteiger partial charge in [-0.05, 0) is 36.5 Å². The lowest BCUT2D eigenvalue weighted by Crippen LogP contribution is -2.19. The van der Waals surface area contributed by atoms with Crippen LogP contribution in [0.3, 0.4) is 0 Å². The van der Waals surface area contributed by atoms with Crippen LogP contribution in [-0.4, -0.2) is 15.6 Å². The van der Waals surface area contributed by atoms with E-state index in [1.807, 2.05) is 18.2 Å². The van der Waals surface area contributed by atoms with E-state index in [-0.39, 0.29) is 17.5 Å². The SMILES string of the molecule is CCCc1c2c(nn1-c1ccccc1F)C[C@H](c1ccccc1)CC2=O. The highest BCUT2D eigenvalue weighted by Gasteiger charge is 2.32. The Hall–Kier alpha value is -2.75. The zero-order chi connectivity index (χ0) is 18.1. The van der Waals surface area contributed by atoms with Crippen molar-refractivity contribution in [3.8, 4) is 5.69 Å². The van der Waals surface area contributed by atoms with Crippen LogP contribution in [-0.2, 0) is 12.8 Å². The largest absolute Gasteiger partial charge is 0.294 e. The van der Waals surface area contributed by atoms with E-state index in [2.05, 4.69) is 24.2 Å². The van der Waals surface area contributed by atoms with E-state index in [0.717, 1.165) is 23.4 Å². The topological polar surface area (TPSA) is 34.9 Å². The molecule has 0 radical (unpaired) electrons. The minimum atomic E-state index is -0.322. The maximum absolute atomic E-state index is 14.4. The fourth-order valence-electron chi connectivity index (χ4n) is 3.85. The van der Waals surface area contributed by atoms with Gasteiger partial charge < -0.3 is 0 Å². The maximum atomic E-state index is 14.4. The second kappa shape index (κ2) is 6.87. The second-order valence-electron chi connectivity index (χ2n) is 6.82. The van der Waals surface area contributed by atoms with Gasteiger partial charge in [-0.2, -0.15) is 5.10 Å². The Kier molecular flexibility index (Phi) is 4.41. The molecule has 0 saturated heterocycles. The smallest absolute Gasteiger partial charge is 0.167 e. The molecule has 1 heterocycles. The number of para-hydroxylation sites is 1. The number of benzene rings is 2. The number of aromatic nitrogens is 2. The number of nitrogens with zero attached hydrogens (tertiary/aromatic N) is 2. The molecule has 1 aliphatic rings. The van der Waals surface area contributed by atoms with Crippen molar-refractivity contribution in [2.45, 2.75) is 38.5 Å². The van der Waals surface area contributed by atoms with Crippen LogP contribution in [0.4, 0.5) is 4.39 Å². The number of hydrogen-bond donors (Lipinski definition) is 0. The van der Waals surface area contributed by atoms with Crippen LogP contribution in [0.2, 0.25) is 0 Å². The van der Waals surface area contributed by atoms with E-state index >= 15 is 0 Å². The average molecular weight is 348 g/mol. The van der Waals surface area contributed by atoms with Gasteiger partial charge in [-0.25, -0.2) is 9.07 Å². The summed E-state index contributed by atoms with van der Waals surface area (Å²) in [5, 5.41) is 4.68. The molecule has 0 saturated carbocycles. The first-order chi connectivity index (χ1) is 12.7. The predicted molar refractivity (Wildman–Crippen MR) is 99.4 cm³/mol. The highest BCUT2D eigenvalue weighted by atomic mass is 19.1. The molecule has 1 atom stereocenters. The van der Waals surface area contributed by atoms with Crippen molar-refractivity contribution in [3.05, 3.63) is 82.9 Å². The number of fused-ring (bicyclic) bond motifs is 1. The number of Topliss-reactive ketones (excluding diaryl/α,β-unsaturated/α-hetero) is 1. The van der Waals surface area contributed by atoms with Crippen LogP contribution in [0.15, 0.2) is 54.6 Å². The Bertz CT molecular complexity index is 946. The van der Waals surface area contributed by atoms with Gasteiger partial charge in [0.2, 0.25) is 0 Å². The number of rotatable bonds is 4. The molecule has 0 fully saturated rings. The molecule has 0 N–H and O–H groups in total. The minimum Gasteiger partial charge on any atom is -0.294 e. The lowest BCUT2D eigenvalue weighted by molar-refractivity contribution is 0.0963. The van der Waals surface area contributed by atoms with Crippen LogP contribution in [0, 0.1) is 5.82 Å². The van der Waals surface area contributed by atoms with Gasteiger partial charge in [-0.3, -0.25) is 4.79 Å². The van der Waals surface area contributed by atoms with Gasteiger partial charge in [0.15, 0.2) is 5.78 Å². The zero-order valence-corrected chi connectivity index (χ0v) is 14.8. The van der Waals surface area contributed by atoms with Gasteiger partial charge in [-0.15, -0.1) is 0 Å². The molecule has 3 aromatic rings. The van der Waals surface area contributed by atoms with E-state index in [4.69, 9.17) is 0 Å². The monoisotopic (exact) mass is 348 g/mol. The van der Waals surface area contributed by atoms with Crippen molar-refractivity contribution < 1.29 is 9.18 Å². The van der Waals surface area contributed by atoms with Gasteiger partial charge in [0.1, 0.15) is 11.5 Å². The number of hydrogen-bond acceptors (Lipinski definition) is 2. The molecule has 4 rings (SSSR count). The van der Waals surface area contributed by atoms with Crippen molar-refractivity contribution in [3.63, 3.8) is 0 Å². The lowest BCUT2D eigenvalue weighted by Gasteiger charge is -2.21. The molecule has 26 heavy (non-hydrogen) atoms. The first-order valence-corrected chi connectivity index (χ1v) is 9.12. The van der Waals surface area contributed by atoms with E-state index in [9.17, 15) is 9.18 Å². The van der Waals surface area contributed by atoms with E-state index in [1.165, 1.54) is 6.07 Å². The van der Waals surface area contributed by atoms with Crippen molar-refractivity contribution in [2.24, 2.45) is 0 Å². The molecule has 132 valence electrons. The summed E-state index contributed by atoms with van der Waals surface area (Å²) < 4.78 is 16.0. The van der Waals surface area contributed by atoms with Crippen LogP contribution in [0.5, 0.6) is 0 Å². The quantitative estimate of drug-likeness (QED) is 0.674. The summed E-state index contributed by atoms with van der Waals surface area (Å²) in [4.78, 5) is 12.9. The Morgan fingerprint density at radius 1 is 1.08 bits per heavy atom. The average Bonchev–Trinajstić information content (AvgIpc) is 3.02. The third kappa shape index (κ3) is 2.85. The Labute approximate surface area is 152 Å². The van der Waals surface area contributed by atoms with Crippen LogP contribution < -0.4 is 0 Å². The second-order valence-corrected chi connectivity index (χ2v) is 6.82. The van der Waals surface area contributed by atoms with Crippen molar-refractivity contribution in [2.75, 3.05) is 0 Å². The summed E-state index contributed by atoms with van der Waals surface area (Å²) in [6.45, 7) is 2.06. The third-order valence-electron chi connectivity index (χ3n) is 5.04. The van der Waals surface area contributed by atoms with Crippen molar-refractivity contribution >= 4 is 5.78 Å². The van der Waals surface area contributed by atoms with Gasteiger partial charge in [0.25, 0.3) is 0 Å². The summed E-state index contributed by atoms with van der Waals surface area (Å²) in [6.07, 6.45) is 2.78. The van der Waals surface area contributed by atoms with Gasteiger partial charge in [-0.1, -0.05) is 55.8 Å². The molecule has 0 bridgehead atoms. The number of ketones is 1. The van der Waals surface area contributed by atoms with Gasteiger partial charge in [0.05, 0.1) is 17.0 Å². The molecule has 2 aromatic carbocycles. The molecule has 1 aromatic heterocycles. The normalized spacial score (nSPS) is 16.5. The first kappa shape index (κ1) is 16.7. The van der Waals surface area contributed by atoms with Gasteiger partial charge >= 0.3 is 0 Å². The number of carbonyl (C=O) groups excluding carboxylic acids is 1. The summed E-state index contributed by atoms with van der Waals surface area (Å²) in [5.41, 5.74) is 3.91. The molecule has 0 unspecified atom stereocenters. The lowest BCUT2D eigenvalue weighted by atomic mass is 9.81. The molecule has 0 amide bonds. The zero-order valence-electron chi connectivity index (χ0n) is 14.8. The van der Waals surface area contributed by atoms with E-state index < -0.39 is 0 Å². The third-order valence-corrected chi connectivity index (χ3v) is 5.04. The molecule has 4 heteroatoms. The van der Waals surface area contributed by atoms with Crippen LogP contribution >= 0.6 is 0 Å². The van der Waals surface area contributed by atoms with Crippen LogP contribution in [0.25, 0.3) is 5.69 Å². The van der Waals surface area contributed by atoms with Gasteiger partial charge in [0, 0.05) is 6.42 Å². The highest BCUT2D eigenvalue weighted by molar-refractivity contribution is 6.00. The minimum absolute atomic E-state index is 0.117. The fraction of sp³-hybridized carbons (Fsp3) is 0.273. The predicted octanol–water partition coefficient (Wildman–Crippen LogP) is 4.88. The molecular weight excluding hydrogens is 327 g/mol. The molecule has 0 aliphatic heterocycles. The number of carbonyl (C=O) groups is 1. The van der Waals surface area contributed by atoms with Crippen molar-refractivity contribution in [1.82, 2.24) is 9.78 Å². The molecule has 3 nitrogen and oxygen atoms in total. The maximum Gasteiger partial charge on any atom is 0.167 e. The fourth-order valence-corrected chi connectivity index (χ4v) is 3.85. The Balaban J connectivity index is 1.81. The highest BCUT2D eigenvalue weighted by Crippen LogP contribution is 2.35. The van der Waals surface area contributed by atoms with E-state index in [0.29, 0.717) is 30.5 Å². The Morgan fingerprint density at radius 2 is 1.81 bits per heavy atom. The summed E-state index contributed by atoms with van der Waals surface area (Å²) in [6, 6.07) is 16.7. The summed E-state index contributed by atoms with van der Waals surface area (Å²) in [5.74, 6) is -0.0717.